The molecule has 0 aromatic heterocycles. The third kappa shape index (κ3) is 4.17. The summed E-state index contributed by atoms with van der Waals surface area (Å²) >= 11 is 5.62. The zero-order valence-corrected chi connectivity index (χ0v) is 14.2. The average molecular weight is 371 g/mol. The second-order valence-electron chi connectivity index (χ2n) is 5.14. The van der Waals surface area contributed by atoms with Crippen LogP contribution in [0.3, 0.4) is 0 Å². The van der Waals surface area contributed by atoms with E-state index in [1.807, 2.05) is 0 Å². The van der Waals surface area contributed by atoms with Gasteiger partial charge >= 0.3 is 0 Å². The van der Waals surface area contributed by atoms with Gasteiger partial charge in [0.05, 0.1) is 6.26 Å². The van der Waals surface area contributed by atoms with Crippen molar-refractivity contribution in [1.29, 1.82) is 0 Å². The number of piperidine rings is 1. The third-order valence-electron chi connectivity index (χ3n) is 3.35. The molecule has 1 N–H and O–H groups in total. The lowest BCUT2D eigenvalue weighted by Gasteiger charge is -2.31. The van der Waals surface area contributed by atoms with Crippen LogP contribution in [-0.2, 0) is 20.0 Å². The Balaban J connectivity index is 2.13. The van der Waals surface area contributed by atoms with Crippen LogP contribution in [0, 0.1) is 5.82 Å². The van der Waals surface area contributed by atoms with Gasteiger partial charge in [0.15, 0.2) is 0 Å². The third-order valence-corrected chi connectivity index (χ3v) is 6.27. The van der Waals surface area contributed by atoms with Crippen molar-refractivity contribution in [2.45, 2.75) is 23.8 Å². The quantitative estimate of drug-likeness (QED) is 0.862. The number of rotatable bonds is 4. The highest BCUT2D eigenvalue weighted by atomic mass is 35.5. The Morgan fingerprint density at radius 3 is 2.32 bits per heavy atom. The first kappa shape index (κ1) is 17.6. The van der Waals surface area contributed by atoms with Crippen molar-refractivity contribution in [3.05, 3.63) is 29.0 Å². The molecule has 1 heterocycles. The largest absolute Gasteiger partial charge is 0.245 e. The molecule has 0 amide bonds. The smallest absolute Gasteiger partial charge is 0.213 e. The van der Waals surface area contributed by atoms with Crippen molar-refractivity contribution >= 4 is 31.6 Å². The molecule has 1 aromatic carbocycles. The summed E-state index contributed by atoms with van der Waals surface area (Å²) in [5.74, 6) is -0.899. The summed E-state index contributed by atoms with van der Waals surface area (Å²) in [6.45, 7) is 0.245. The predicted octanol–water partition coefficient (Wildman–Crippen LogP) is 1.18. The van der Waals surface area contributed by atoms with E-state index < -0.39 is 30.8 Å². The maximum atomic E-state index is 13.8. The predicted molar refractivity (Wildman–Crippen MR) is 81.2 cm³/mol. The van der Waals surface area contributed by atoms with Gasteiger partial charge in [0, 0.05) is 24.2 Å². The zero-order valence-electron chi connectivity index (χ0n) is 11.8. The fourth-order valence-corrected chi connectivity index (χ4v) is 4.86. The molecule has 22 heavy (non-hydrogen) atoms. The van der Waals surface area contributed by atoms with Gasteiger partial charge in [0.1, 0.15) is 10.7 Å². The van der Waals surface area contributed by atoms with E-state index in [1.54, 1.807) is 0 Å². The van der Waals surface area contributed by atoms with E-state index in [4.69, 9.17) is 11.6 Å². The Morgan fingerprint density at radius 2 is 1.82 bits per heavy atom. The van der Waals surface area contributed by atoms with Crippen LogP contribution in [0.25, 0.3) is 0 Å². The molecule has 0 aliphatic carbocycles. The number of hydrogen-bond acceptors (Lipinski definition) is 4. The first-order chi connectivity index (χ1) is 10.1. The monoisotopic (exact) mass is 370 g/mol. The van der Waals surface area contributed by atoms with Gasteiger partial charge in [-0.15, -0.1) is 0 Å². The maximum Gasteiger partial charge on any atom is 0.245 e. The summed E-state index contributed by atoms with van der Waals surface area (Å²) in [4.78, 5) is -0.425. The molecule has 1 fully saturated rings. The minimum absolute atomic E-state index is 0.118. The second kappa shape index (κ2) is 6.40. The molecule has 0 bridgehead atoms. The van der Waals surface area contributed by atoms with Gasteiger partial charge in [-0.05, 0) is 31.0 Å². The summed E-state index contributed by atoms with van der Waals surface area (Å²) in [5, 5.41) is 0.118. The van der Waals surface area contributed by atoms with E-state index in [1.165, 1.54) is 6.07 Å². The first-order valence-corrected chi connectivity index (χ1v) is 10.2. The van der Waals surface area contributed by atoms with Crippen LogP contribution in [0.5, 0.6) is 0 Å². The normalized spacial score (nSPS) is 18.5. The van der Waals surface area contributed by atoms with Crippen LogP contribution in [0.1, 0.15) is 12.8 Å². The molecular formula is C12H16ClFN2O4S2. The van der Waals surface area contributed by atoms with Gasteiger partial charge in [-0.25, -0.2) is 25.9 Å². The molecule has 6 nitrogen and oxygen atoms in total. The molecule has 0 unspecified atom stereocenters. The van der Waals surface area contributed by atoms with E-state index in [-0.39, 0.29) is 24.2 Å². The lowest BCUT2D eigenvalue weighted by Crippen LogP contribution is -2.46. The number of hydrogen-bond donors (Lipinski definition) is 1. The molecule has 1 aromatic rings. The molecular weight excluding hydrogens is 355 g/mol. The van der Waals surface area contributed by atoms with Crippen molar-refractivity contribution in [3.8, 4) is 0 Å². The zero-order chi connectivity index (χ0) is 16.5. The molecule has 0 atom stereocenters. The van der Waals surface area contributed by atoms with E-state index in [0.29, 0.717) is 12.8 Å². The van der Waals surface area contributed by atoms with Crippen molar-refractivity contribution in [2.75, 3.05) is 19.3 Å². The highest BCUT2D eigenvalue weighted by Crippen LogP contribution is 2.25. The van der Waals surface area contributed by atoms with Crippen LogP contribution >= 0.6 is 11.6 Å². The SMILES string of the molecule is CS(=O)(=O)NC1CCN(S(=O)(=O)c2ccc(Cl)cc2F)CC1. The molecule has 1 saturated heterocycles. The Bertz CT molecular complexity index is 759. The van der Waals surface area contributed by atoms with Crippen LogP contribution in [0.15, 0.2) is 23.1 Å². The van der Waals surface area contributed by atoms with Crippen molar-refractivity contribution in [1.82, 2.24) is 9.03 Å². The summed E-state index contributed by atoms with van der Waals surface area (Å²) < 4.78 is 64.6. The van der Waals surface area contributed by atoms with Gasteiger partial charge in [-0.3, -0.25) is 0 Å². The molecule has 0 saturated carbocycles. The standard InChI is InChI=1S/C12H16ClFN2O4S2/c1-21(17,18)15-10-4-6-16(7-5-10)22(19,20)12-3-2-9(13)8-11(12)14/h2-3,8,10,15H,4-7H2,1H3. The minimum atomic E-state index is -3.95. The highest BCUT2D eigenvalue weighted by Gasteiger charge is 2.32. The Hall–Kier alpha value is -0.740. The van der Waals surface area contributed by atoms with Crippen molar-refractivity contribution in [2.24, 2.45) is 0 Å². The van der Waals surface area contributed by atoms with Gasteiger partial charge in [0.25, 0.3) is 0 Å². The van der Waals surface area contributed by atoms with Crippen molar-refractivity contribution < 1.29 is 21.2 Å². The molecule has 0 radical (unpaired) electrons. The summed E-state index contributed by atoms with van der Waals surface area (Å²) in [6, 6.07) is 3.09. The summed E-state index contributed by atoms with van der Waals surface area (Å²) in [7, 11) is -7.29. The molecule has 10 heteroatoms. The van der Waals surface area contributed by atoms with Crippen LogP contribution < -0.4 is 4.72 Å². The van der Waals surface area contributed by atoms with Crippen LogP contribution in [-0.4, -0.2) is 46.5 Å². The number of benzene rings is 1. The van der Waals surface area contributed by atoms with Crippen LogP contribution in [0.4, 0.5) is 4.39 Å². The van der Waals surface area contributed by atoms with E-state index in [9.17, 15) is 21.2 Å². The number of nitrogens with one attached hydrogen (secondary N) is 1. The first-order valence-electron chi connectivity index (χ1n) is 6.52. The average Bonchev–Trinajstić information content (AvgIpc) is 2.36. The number of nitrogens with zero attached hydrogens (tertiary/aromatic N) is 1. The topological polar surface area (TPSA) is 83.6 Å². The Kier molecular flexibility index (Phi) is 5.13. The van der Waals surface area contributed by atoms with Gasteiger partial charge < -0.3 is 0 Å². The minimum Gasteiger partial charge on any atom is -0.213 e. The lowest BCUT2D eigenvalue weighted by molar-refractivity contribution is 0.308. The molecule has 1 aliphatic heterocycles. The fraction of sp³-hybridized carbons (Fsp3) is 0.500. The van der Waals surface area contributed by atoms with E-state index in [0.717, 1.165) is 22.7 Å². The molecule has 2 rings (SSSR count). The molecule has 124 valence electrons. The maximum absolute atomic E-state index is 13.8. The Labute approximate surface area is 134 Å². The summed E-state index contributed by atoms with van der Waals surface area (Å²) in [6.07, 6.45) is 1.72. The number of sulfonamides is 2. The number of halogens is 2. The van der Waals surface area contributed by atoms with E-state index in [2.05, 4.69) is 4.72 Å². The van der Waals surface area contributed by atoms with Gasteiger partial charge in [-0.1, -0.05) is 11.6 Å². The molecule has 0 spiro atoms. The van der Waals surface area contributed by atoms with Crippen molar-refractivity contribution in [3.63, 3.8) is 0 Å². The van der Waals surface area contributed by atoms with Gasteiger partial charge in [-0.2, -0.15) is 4.31 Å². The Morgan fingerprint density at radius 1 is 1.23 bits per heavy atom. The highest BCUT2D eigenvalue weighted by molar-refractivity contribution is 7.89. The lowest BCUT2D eigenvalue weighted by atomic mass is 10.1. The van der Waals surface area contributed by atoms with E-state index >= 15 is 0 Å². The molecule has 1 aliphatic rings. The second-order valence-corrected chi connectivity index (χ2v) is 9.27. The van der Waals surface area contributed by atoms with Crippen LogP contribution in [0.2, 0.25) is 5.02 Å². The fourth-order valence-electron chi connectivity index (χ4n) is 2.34. The summed E-state index contributed by atoms with van der Waals surface area (Å²) in [5.41, 5.74) is 0. The van der Waals surface area contributed by atoms with Gasteiger partial charge in [0.2, 0.25) is 20.0 Å².